The van der Waals surface area contributed by atoms with E-state index in [1.54, 1.807) is 30.5 Å². The summed E-state index contributed by atoms with van der Waals surface area (Å²) in [6, 6.07) is 6.80. The maximum Gasteiger partial charge on any atom is 0.246 e. The van der Waals surface area contributed by atoms with E-state index in [0.717, 1.165) is 28.1 Å². The number of hydrogen-bond acceptors (Lipinski definition) is 7. The molecule has 0 aliphatic carbocycles. The summed E-state index contributed by atoms with van der Waals surface area (Å²) < 4.78 is 24.9. The van der Waals surface area contributed by atoms with Crippen molar-refractivity contribution in [3.8, 4) is 16.6 Å². The van der Waals surface area contributed by atoms with Gasteiger partial charge in [-0.1, -0.05) is 23.5 Å². The number of nitriles is 1. The number of benzene rings is 1. The summed E-state index contributed by atoms with van der Waals surface area (Å²) in [5, 5.41) is 12.8. The van der Waals surface area contributed by atoms with Crippen LogP contribution in [0.15, 0.2) is 30.5 Å². The Hall–Kier alpha value is -2.48. The van der Waals surface area contributed by atoms with E-state index in [1.165, 1.54) is 11.3 Å². The number of sulfonamides is 1. The van der Waals surface area contributed by atoms with Gasteiger partial charge in [0.15, 0.2) is 6.19 Å². The second-order valence-corrected chi connectivity index (χ2v) is 8.68. The maximum atomic E-state index is 12.5. The van der Waals surface area contributed by atoms with E-state index in [2.05, 4.69) is 15.0 Å². The molecule has 0 saturated carbocycles. The molecular formula is C16H17N5O3S2. The Balaban J connectivity index is 1.78. The minimum absolute atomic E-state index is 0.205. The Labute approximate surface area is 155 Å². The quantitative estimate of drug-likeness (QED) is 0.591. The number of anilines is 2. The van der Waals surface area contributed by atoms with Crippen LogP contribution in [0.3, 0.4) is 0 Å². The number of carbonyl (C=O) groups is 1. The molecule has 136 valence electrons. The largest absolute Gasteiger partial charge is 0.316 e. The van der Waals surface area contributed by atoms with Gasteiger partial charge in [-0.15, -0.1) is 0 Å². The van der Waals surface area contributed by atoms with Gasteiger partial charge in [-0.05, 0) is 30.7 Å². The van der Waals surface area contributed by atoms with Crippen LogP contribution < -0.4 is 14.9 Å². The molecule has 3 rings (SSSR count). The zero-order valence-corrected chi connectivity index (χ0v) is 15.6. The molecule has 1 amide bonds. The van der Waals surface area contributed by atoms with Crippen molar-refractivity contribution >= 4 is 38.1 Å². The molecular weight excluding hydrogens is 374 g/mol. The summed E-state index contributed by atoms with van der Waals surface area (Å²) in [5.74, 6) is -0.450. The first-order valence-electron chi connectivity index (χ1n) is 7.86. The van der Waals surface area contributed by atoms with Crippen LogP contribution >= 0.6 is 11.3 Å². The highest BCUT2D eigenvalue weighted by molar-refractivity contribution is 7.92. The molecule has 0 bridgehead atoms. The van der Waals surface area contributed by atoms with Gasteiger partial charge in [0, 0.05) is 18.4 Å². The standard InChI is InChI=1S/C16H17N5O3S2/c1-26(23,24)20-13-4-2-11(3-5-13)14-9-19-16(25-14)21(10-17)15(22)12-6-7-18-8-12/h2-5,9,12,18,20H,6-8H2,1H3/t12-/m0/s1. The van der Waals surface area contributed by atoms with Crippen LogP contribution in [-0.2, 0) is 14.8 Å². The number of hydrogen-bond donors (Lipinski definition) is 2. The first-order valence-corrected chi connectivity index (χ1v) is 10.6. The topological polar surface area (TPSA) is 115 Å². The minimum Gasteiger partial charge on any atom is -0.316 e. The molecule has 10 heteroatoms. The maximum absolute atomic E-state index is 12.5. The zero-order chi connectivity index (χ0) is 18.7. The summed E-state index contributed by atoms with van der Waals surface area (Å²) in [7, 11) is -3.33. The Morgan fingerprint density at radius 1 is 1.42 bits per heavy atom. The summed E-state index contributed by atoms with van der Waals surface area (Å²) in [6.07, 6.45) is 5.32. The van der Waals surface area contributed by atoms with E-state index in [-0.39, 0.29) is 11.8 Å². The molecule has 1 aromatic heterocycles. The van der Waals surface area contributed by atoms with Gasteiger partial charge >= 0.3 is 0 Å². The first-order chi connectivity index (χ1) is 12.4. The van der Waals surface area contributed by atoms with Crippen molar-refractivity contribution < 1.29 is 13.2 Å². The molecule has 2 aromatic rings. The molecule has 1 saturated heterocycles. The highest BCUT2D eigenvalue weighted by Crippen LogP contribution is 2.32. The highest BCUT2D eigenvalue weighted by Gasteiger charge is 2.29. The summed E-state index contributed by atoms with van der Waals surface area (Å²) in [5.41, 5.74) is 1.28. The highest BCUT2D eigenvalue weighted by atomic mass is 32.2. The fourth-order valence-electron chi connectivity index (χ4n) is 2.65. The van der Waals surface area contributed by atoms with E-state index in [0.29, 0.717) is 23.8 Å². The molecule has 1 atom stereocenters. The van der Waals surface area contributed by atoms with Crippen LogP contribution in [0.25, 0.3) is 10.4 Å². The third-order valence-corrected chi connectivity index (χ3v) is 5.53. The number of rotatable bonds is 5. The lowest BCUT2D eigenvalue weighted by Crippen LogP contribution is -2.33. The molecule has 0 radical (unpaired) electrons. The fourth-order valence-corrected chi connectivity index (χ4v) is 4.10. The lowest BCUT2D eigenvalue weighted by molar-refractivity contribution is -0.121. The molecule has 8 nitrogen and oxygen atoms in total. The van der Waals surface area contributed by atoms with Crippen LogP contribution in [0.4, 0.5) is 10.8 Å². The van der Waals surface area contributed by atoms with Crippen molar-refractivity contribution in [2.75, 3.05) is 29.0 Å². The van der Waals surface area contributed by atoms with Crippen LogP contribution in [-0.4, -0.2) is 38.7 Å². The lowest BCUT2D eigenvalue weighted by Gasteiger charge is -2.14. The molecule has 1 aliphatic rings. The predicted molar refractivity (Wildman–Crippen MR) is 100 cm³/mol. The van der Waals surface area contributed by atoms with Gasteiger partial charge in [0.2, 0.25) is 21.1 Å². The number of carbonyl (C=O) groups excluding carboxylic acids is 1. The van der Waals surface area contributed by atoms with E-state index >= 15 is 0 Å². The van der Waals surface area contributed by atoms with Gasteiger partial charge in [-0.2, -0.15) is 10.2 Å². The number of nitrogens with zero attached hydrogens (tertiary/aromatic N) is 3. The van der Waals surface area contributed by atoms with Gasteiger partial charge in [-0.3, -0.25) is 9.52 Å². The van der Waals surface area contributed by atoms with E-state index in [4.69, 9.17) is 0 Å². The average molecular weight is 391 g/mol. The summed E-state index contributed by atoms with van der Waals surface area (Å²) >= 11 is 1.24. The van der Waals surface area contributed by atoms with Crippen LogP contribution in [0.1, 0.15) is 6.42 Å². The van der Waals surface area contributed by atoms with Crippen molar-refractivity contribution in [3.63, 3.8) is 0 Å². The lowest BCUT2D eigenvalue weighted by atomic mass is 10.1. The molecule has 0 unspecified atom stereocenters. The fraction of sp³-hybridized carbons (Fsp3) is 0.312. The predicted octanol–water partition coefficient (Wildman–Crippen LogP) is 1.61. The number of thiazole rings is 1. The first kappa shape index (κ1) is 18.3. The Morgan fingerprint density at radius 3 is 2.73 bits per heavy atom. The Kier molecular flexibility index (Phi) is 5.22. The van der Waals surface area contributed by atoms with Crippen LogP contribution in [0.2, 0.25) is 0 Å². The van der Waals surface area contributed by atoms with E-state index in [9.17, 15) is 18.5 Å². The monoisotopic (exact) mass is 391 g/mol. The van der Waals surface area contributed by atoms with E-state index in [1.807, 2.05) is 6.19 Å². The third kappa shape index (κ3) is 4.19. The van der Waals surface area contributed by atoms with Gasteiger partial charge < -0.3 is 5.32 Å². The molecule has 2 N–H and O–H groups in total. The van der Waals surface area contributed by atoms with Crippen molar-refractivity contribution in [3.05, 3.63) is 30.5 Å². The van der Waals surface area contributed by atoms with Crippen molar-refractivity contribution in [2.45, 2.75) is 6.42 Å². The van der Waals surface area contributed by atoms with Crippen molar-refractivity contribution in [1.29, 1.82) is 5.26 Å². The van der Waals surface area contributed by atoms with Crippen molar-refractivity contribution in [1.82, 2.24) is 10.3 Å². The number of aromatic nitrogens is 1. The molecule has 0 spiro atoms. The molecule has 1 aliphatic heterocycles. The average Bonchev–Trinajstić information content (AvgIpc) is 3.27. The smallest absolute Gasteiger partial charge is 0.246 e. The summed E-state index contributed by atoms with van der Waals surface area (Å²) in [4.78, 5) is 18.5. The van der Waals surface area contributed by atoms with Gasteiger partial charge in [0.05, 0.1) is 17.1 Å². The third-order valence-electron chi connectivity index (χ3n) is 3.89. The van der Waals surface area contributed by atoms with Crippen molar-refractivity contribution in [2.24, 2.45) is 5.92 Å². The molecule has 1 aromatic carbocycles. The normalized spacial score (nSPS) is 16.8. The van der Waals surface area contributed by atoms with Gasteiger partial charge in [0.1, 0.15) is 0 Å². The minimum atomic E-state index is -3.33. The van der Waals surface area contributed by atoms with Gasteiger partial charge in [-0.25, -0.2) is 13.4 Å². The molecule has 26 heavy (non-hydrogen) atoms. The Bertz CT molecular complexity index is 941. The summed E-state index contributed by atoms with van der Waals surface area (Å²) in [6.45, 7) is 1.34. The van der Waals surface area contributed by atoms with Crippen LogP contribution in [0.5, 0.6) is 0 Å². The second-order valence-electron chi connectivity index (χ2n) is 5.92. The van der Waals surface area contributed by atoms with Crippen LogP contribution in [0, 0.1) is 17.4 Å². The molecule has 2 heterocycles. The zero-order valence-electron chi connectivity index (χ0n) is 14.0. The molecule has 1 fully saturated rings. The van der Waals surface area contributed by atoms with E-state index < -0.39 is 10.0 Å². The Morgan fingerprint density at radius 2 is 2.15 bits per heavy atom. The number of amides is 1. The second kappa shape index (κ2) is 7.41. The number of nitrogens with one attached hydrogen (secondary N) is 2. The van der Waals surface area contributed by atoms with Gasteiger partial charge in [0.25, 0.3) is 0 Å². The SMILES string of the molecule is CS(=O)(=O)Nc1ccc(-c2cnc(N(C#N)C(=O)[C@H]3CCNC3)s2)cc1.